The minimum Gasteiger partial charge on any atom is -0.497 e. The van der Waals surface area contributed by atoms with E-state index in [4.69, 9.17) is 30.5 Å². The van der Waals surface area contributed by atoms with E-state index in [9.17, 15) is 4.79 Å². The molecule has 6 nitrogen and oxygen atoms in total. The predicted octanol–water partition coefficient (Wildman–Crippen LogP) is 4.16. The lowest BCUT2D eigenvalue weighted by atomic mass is 10.2. The van der Waals surface area contributed by atoms with Gasteiger partial charge >= 0.3 is 0 Å². The van der Waals surface area contributed by atoms with Gasteiger partial charge in [-0.25, -0.2) is 0 Å². The van der Waals surface area contributed by atoms with E-state index in [1.54, 1.807) is 43.5 Å². The fraction of sp³-hybridized carbons (Fsp3) is 0.316. The Balaban J connectivity index is 2.15. The van der Waals surface area contributed by atoms with E-state index >= 15 is 0 Å². The van der Waals surface area contributed by atoms with Gasteiger partial charge in [-0.3, -0.25) is 4.79 Å². The highest BCUT2D eigenvalue weighted by atomic mass is 35.5. The minimum atomic E-state index is -0.672. The van der Waals surface area contributed by atoms with E-state index in [2.05, 4.69) is 5.32 Å². The lowest BCUT2D eigenvalue weighted by Gasteiger charge is -2.19. The quantitative estimate of drug-likeness (QED) is 0.745. The molecule has 0 saturated heterocycles. The number of carbonyl (C=O) groups is 1. The van der Waals surface area contributed by atoms with Crippen molar-refractivity contribution < 1.29 is 23.7 Å². The van der Waals surface area contributed by atoms with Crippen molar-refractivity contribution in [2.45, 2.75) is 19.4 Å². The number of anilines is 1. The molecule has 7 heteroatoms. The topological polar surface area (TPSA) is 66.0 Å². The Kier molecular flexibility index (Phi) is 6.97. The van der Waals surface area contributed by atoms with Gasteiger partial charge in [0.25, 0.3) is 5.91 Å². The fourth-order valence-corrected chi connectivity index (χ4v) is 2.54. The molecule has 0 unspecified atom stereocenters. The van der Waals surface area contributed by atoms with Crippen LogP contribution in [0.5, 0.6) is 23.0 Å². The van der Waals surface area contributed by atoms with E-state index in [0.717, 1.165) is 0 Å². The van der Waals surface area contributed by atoms with Crippen LogP contribution in [0.25, 0.3) is 0 Å². The van der Waals surface area contributed by atoms with Crippen LogP contribution < -0.4 is 24.3 Å². The summed E-state index contributed by atoms with van der Waals surface area (Å²) in [5.41, 5.74) is 0.454. The normalized spacial score (nSPS) is 11.4. The van der Waals surface area contributed by atoms with Gasteiger partial charge in [-0.15, -0.1) is 0 Å². The van der Waals surface area contributed by atoms with Crippen molar-refractivity contribution in [1.82, 2.24) is 0 Å². The molecule has 0 spiro atoms. The molecular weight excluding hydrogens is 358 g/mol. The maximum absolute atomic E-state index is 12.6. The highest BCUT2D eigenvalue weighted by Crippen LogP contribution is 2.36. The molecule has 2 rings (SSSR count). The lowest BCUT2D eigenvalue weighted by Crippen LogP contribution is -2.32. The van der Waals surface area contributed by atoms with Gasteiger partial charge in [-0.2, -0.15) is 0 Å². The Morgan fingerprint density at radius 1 is 1.00 bits per heavy atom. The molecular formula is C19H22ClNO5. The van der Waals surface area contributed by atoms with E-state index < -0.39 is 6.10 Å². The van der Waals surface area contributed by atoms with Crippen LogP contribution in [-0.2, 0) is 4.79 Å². The first-order valence-electron chi connectivity index (χ1n) is 8.05. The van der Waals surface area contributed by atoms with Crippen molar-refractivity contribution in [3.63, 3.8) is 0 Å². The van der Waals surface area contributed by atoms with Crippen molar-refractivity contribution in [2.24, 2.45) is 0 Å². The number of benzene rings is 2. The third kappa shape index (κ3) is 4.73. The molecule has 0 saturated carbocycles. The summed E-state index contributed by atoms with van der Waals surface area (Å²) in [7, 11) is 4.59. The summed E-state index contributed by atoms with van der Waals surface area (Å²) in [6.45, 7) is 1.87. The van der Waals surface area contributed by atoms with Gasteiger partial charge in [0.2, 0.25) is 0 Å². The molecule has 0 heterocycles. The average Bonchev–Trinajstić information content (AvgIpc) is 2.67. The summed E-state index contributed by atoms with van der Waals surface area (Å²) in [4.78, 5) is 12.6. The summed E-state index contributed by atoms with van der Waals surface area (Å²) in [6, 6.07) is 10.2. The monoisotopic (exact) mass is 379 g/mol. The molecule has 1 atom stereocenters. The largest absolute Gasteiger partial charge is 0.497 e. The third-order valence-electron chi connectivity index (χ3n) is 3.73. The number of methoxy groups -OCH3 is 3. The first kappa shape index (κ1) is 19.7. The summed E-state index contributed by atoms with van der Waals surface area (Å²) >= 11 is 6.09. The highest BCUT2D eigenvalue weighted by molar-refractivity contribution is 6.32. The van der Waals surface area contributed by atoms with Crippen LogP contribution in [0.2, 0.25) is 5.02 Å². The molecule has 0 aliphatic heterocycles. The zero-order chi connectivity index (χ0) is 19.1. The molecule has 1 N–H and O–H groups in total. The van der Waals surface area contributed by atoms with Gasteiger partial charge in [0, 0.05) is 12.1 Å². The van der Waals surface area contributed by atoms with Gasteiger partial charge in [0.1, 0.15) is 23.0 Å². The summed E-state index contributed by atoms with van der Waals surface area (Å²) in [6.07, 6.45) is -0.181. The minimum absolute atomic E-state index is 0.300. The van der Waals surface area contributed by atoms with Gasteiger partial charge in [0.15, 0.2) is 6.10 Å². The zero-order valence-electron chi connectivity index (χ0n) is 15.2. The molecule has 140 valence electrons. The van der Waals surface area contributed by atoms with Gasteiger partial charge in [0.05, 0.1) is 32.0 Å². The molecule has 0 fully saturated rings. The summed E-state index contributed by atoms with van der Waals surface area (Å²) < 4.78 is 21.4. The smallest absolute Gasteiger partial charge is 0.265 e. The SMILES string of the molecule is CC[C@H](Oc1ccc(OC)cc1)C(=O)Nc1cc(OC)c(Cl)cc1OC. The lowest BCUT2D eigenvalue weighted by molar-refractivity contribution is -0.122. The number of nitrogens with one attached hydrogen (secondary N) is 1. The Morgan fingerprint density at radius 2 is 1.62 bits per heavy atom. The van der Waals surface area contributed by atoms with Crippen molar-refractivity contribution in [2.75, 3.05) is 26.6 Å². The van der Waals surface area contributed by atoms with Gasteiger partial charge < -0.3 is 24.3 Å². The van der Waals surface area contributed by atoms with Crippen molar-refractivity contribution in [3.05, 3.63) is 41.4 Å². The van der Waals surface area contributed by atoms with Crippen LogP contribution in [0.15, 0.2) is 36.4 Å². The summed E-state index contributed by atoms with van der Waals surface area (Å²) in [5.74, 6) is 1.86. The maximum Gasteiger partial charge on any atom is 0.265 e. The van der Waals surface area contributed by atoms with E-state index in [-0.39, 0.29) is 5.91 Å². The molecule has 2 aromatic carbocycles. The van der Waals surface area contributed by atoms with Crippen LogP contribution in [-0.4, -0.2) is 33.3 Å². The second kappa shape index (κ2) is 9.20. The number of ether oxygens (including phenoxy) is 4. The molecule has 0 aliphatic rings. The first-order valence-corrected chi connectivity index (χ1v) is 8.43. The second-order valence-electron chi connectivity index (χ2n) is 5.37. The Bertz CT molecular complexity index is 748. The molecule has 1 amide bonds. The Morgan fingerprint density at radius 3 is 2.15 bits per heavy atom. The number of rotatable bonds is 8. The number of halogens is 1. The number of carbonyl (C=O) groups excluding carboxylic acids is 1. The van der Waals surface area contributed by atoms with Crippen LogP contribution in [0.3, 0.4) is 0 Å². The average molecular weight is 380 g/mol. The van der Waals surface area contributed by atoms with Crippen LogP contribution in [0, 0.1) is 0 Å². The molecule has 2 aromatic rings. The van der Waals surface area contributed by atoms with E-state index in [1.165, 1.54) is 14.2 Å². The zero-order valence-corrected chi connectivity index (χ0v) is 15.9. The van der Waals surface area contributed by atoms with Gasteiger partial charge in [-0.05, 0) is 30.7 Å². The second-order valence-corrected chi connectivity index (χ2v) is 5.77. The van der Waals surface area contributed by atoms with Crippen molar-refractivity contribution in [3.8, 4) is 23.0 Å². The standard InChI is InChI=1S/C19H22ClNO5/c1-5-16(26-13-8-6-12(23-2)7-9-13)19(22)21-15-11-17(24-3)14(20)10-18(15)25-4/h6-11,16H,5H2,1-4H3,(H,21,22)/t16-/m0/s1. The molecule has 26 heavy (non-hydrogen) atoms. The molecule has 0 aliphatic carbocycles. The molecule has 0 bridgehead atoms. The van der Waals surface area contributed by atoms with Crippen LogP contribution in [0.1, 0.15) is 13.3 Å². The maximum atomic E-state index is 12.6. The molecule has 0 aromatic heterocycles. The van der Waals surface area contributed by atoms with Crippen molar-refractivity contribution >= 4 is 23.2 Å². The number of amides is 1. The Hall–Kier alpha value is -2.60. The predicted molar refractivity (Wildman–Crippen MR) is 101 cm³/mol. The van der Waals surface area contributed by atoms with E-state index in [1.807, 2.05) is 6.92 Å². The Labute approximate surface area is 158 Å². The van der Waals surface area contributed by atoms with E-state index in [0.29, 0.717) is 40.1 Å². The van der Waals surface area contributed by atoms with Gasteiger partial charge in [-0.1, -0.05) is 18.5 Å². The molecule has 0 radical (unpaired) electrons. The van der Waals surface area contributed by atoms with Crippen LogP contribution >= 0.6 is 11.6 Å². The number of hydrogen-bond donors (Lipinski definition) is 1. The fourth-order valence-electron chi connectivity index (χ4n) is 2.31. The van der Waals surface area contributed by atoms with Crippen molar-refractivity contribution in [1.29, 1.82) is 0 Å². The third-order valence-corrected chi connectivity index (χ3v) is 4.03. The van der Waals surface area contributed by atoms with Crippen LogP contribution in [0.4, 0.5) is 5.69 Å². The first-order chi connectivity index (χ1) is 12.5. The summed E-state index contributed by atoms with van der Waals surface area (Å²) in [5, 5.41) is 3.20. The number of hydrogen-bond acceptors (Lipinski definition) is 5. The highest BCUT2D eigenvalue weighted by Gasteiger charge is 2.21.